The Hall–Kier alpha value is -6.78. The van der Waals surface area contributed by atoms with E-state index in [1.54, 1.807) is 0 Å². The van der Waals surface area contributed by atoms with Gasteiger partial charge in [0, 0.05) is 44.3 Å². The number of nitrogens with zero attached hydrogens (tertiary/aromatic N) is 3. The van der Waals surface area contributed by atoms with Gasteiger partial charge in [-0.2, -0.15) is 0 Å². The third kappa shape index (κ3) is 5.14. The second-order valence-electron chi connectivity index (χ2n) is 14.2. The highest BCUT2D eigenvalue weighted by Crippen LogP contribution is 2.52. The molecule has 0 saturated heterocycles. The number of aromatic nitrogens is 3. The molecule has 53 heavy (non-hydrogen) atoms. The molecular weight excluding hydrogens is 647 g/mol. The van der Waals surface area contributed by atoms with E-state index in [9.17, 15) is 0 Å². The zero-order valence-electron chi connectivity index (χ0n) is 29.5. The molecule has 0 aliphatic carbocycles. The van der Waals surface area contributed by atoms with Crippen molar-refractivity contribution in [3.05, 3.63) is 187 Å². The molecule has 10 rings (SSSR count). The Morgan fingerprint density at radius 1 is 0.472 bits per heavy atom. The number of hydrogen-bond acceptors (Lipinski definition) is 3. The van der Waals surface area contributed by atoms with Crippen LogP contribution in [0.3, 0.4) is 0 Å². The van der Waals surface area contributed by atoms with E-state index < -0.39 is 0 Å². The Labute approximate surface area is 308 Å². The first-order valence-electron chi connectivity index (χ1n) is 18.1. The lowest BCUT2D eigenvalue weighted by Gasteiger charge is -2.34. The Balaban J connectivity index is 1.13. The fourth-order valence-corrected chi connectivity index (χ4v) is 7.96. The summed E-state index contributed by atoms with van der Waals surface area (Å²) in [5.41, 5.74) is 12.6. The molecule has 0 spiro atoms. The number of benzene rings is 7. The van der Waals surface area contributed by atoms with Gasteiger partial charge in [-0.05, 0) is 47.5 Å². The third-order valence-electron chi connectivity index (χ3n) is 10.7. The van der Waals surface area contributed by atoms with Crippen molar-refractivity contribution in [3.63, 3.8) is 0 Å². The second-order valence-corrected chi connectivity index (χ2v) is 14.2. The Bertz CT molecular complexity index is 2820. The minimum atomic E-state index is -0.204. The minimum Gasteiger partial charge on any atom is -0.456 e. The van der Waals surface area contributed by atoms with Crippen molar-refractivity contribution < 1.29 is 4.74 Å². The van der Waals surface area contributed by atoms with Crippen LogP contribution in [-0.2, 0) is 5.41 Å². The molecule has 0 bridgehead atoms. The average molecular weight is 682 g/mol. The molecular formula is C49H35N3O. The molecule has 1 aliphatic rings. The molecule has 4 nitrogen and oxygen atoms in total. The van der Waals surface area contributed by atoms with Gasteiger partial charge in [-0.1, -0.05) is 153 Å². The van der Waals surface area contributed by atoms with E-state index in [0.29, 0.717) is 5.82 Å². The number of hydrogen-bond donors (Lipinski definition) is 0. The van der Waals surface area contributed by atoms with Gasteiger partial charge < -0.3 is 9.30 Å². The molecule has 1 aliphatic heterocycles. The first kappa shape index (κ1) is 31.0. The van der Waals surface area contributed by atoms with E-state index in [0.717, 1.165) is 67.1 Å². The maximum atomic E-state index is 6.79. The predicted molar refractivity (Wildman–Crippen MR) is 217 cm³/mol. The van der Waals surface area contributed by atoms with Gasteiger partial charge in [-0.15, -0.1) is 0 Å². The van der Waals surface area contributed by atoms with Crippen molar-refractivity contribution in [3.8, 4) is 62.2 Å². The quantitative estimate of drug-likeness (QED) is 0.181. The second kappa shape index (κ2) is 12.2. The number of rotatable bonds is 5. The summed E-state index contributed by atoms with van der Waals surface area (Å²) in [5.74, 6) is 2.54. The van der Waals surface area contributed by atoms with Gasteiger partial charge >= 0.3 is 0 Å². The molecule has 0 unspecified atom stereocenters. The summed E-state index contributed by atoms with van der Waals surface area (Å²) in [5, 5.41) is 2.29. The van der Waals surface area contributed by atoms with Gasteiger partial charge in [0.25, 0.3) is 0 Å². The van der Waals surface area contributed by atoms with Crippen molar-refractivity contribution in [1.82, 2.24) is 14.5 Å². The summed E-state index contributed by atoms with van der Waals surface area (Å²) >= 11 is 0. The Morgan fingerprint density at radius 2 is 1.09 bits per heavy atom. The summed E-state index contributed by atoms with van der Waals surface area (Å²) in [6, 6.07) is 61.7. The van der Waals surface area contributed by atoms with E-state index in [4.69, 9.17) is 14.7 Å². The first-order chi connectivity index (χ1) is 26.0. The van der Waals surface area contributed by atoms with Crippen molar-refractivity contribution >= 4 is 21.8 Å². The first-order valence-corrected chi connectivity index (χ1v) is 18.1. The molecule has 4 heteroatoms. The molecule has 0 radical (unpaired) electrons. The van der Waals surface area contributed by atoms with E-state index in [1.807, 2.05) is 24.3 Å². The highest BCUT2D eigenvalue weighted by molar-refractivity contribution is 6.13. The highest BCUT2D eigenvalue weighted by Gasteiger charge is 2.36. The maximum absolute atomic E-state index is 6.79. The van der Waals surface area contributed by atoms with Crippen LogP contribution in [0.2, 0.25) is 0 Å². The van der Waals surface area contributed by atoms with Crippen molar-refractivity contribution in [1.29, 1.82) is 0 Å². The van der Waals surface area contributed by atoms with E-state index in [-0.39, 0.29) is 5.41 Å². The fraction of sp³-hybridized carbons (Fsp3) is 0.0612. The highest BCUT2D eigenvalue weighted by atomic mass is 16.5. The van der Waals surface area contributed by atoms with Gasteiger partial charge in [0.1, 0.15) is 11.5 Å². The molecule has 252 valence electrons. The van der Waals surface area contributed by atoms with Gasteiger partial charge in [0.05, 0.1) is 27.8 Å². The van der Waals surface area contributed by atoms with E-state index in [2.05, 4.69) is 170 Å². The molecule has 2 aromatic heterocycles. The third-order valence-corrected chi connectivity index (χ3v) is 10.7. The van der Waals surface area contributed by atoms with Crippen molar-refractivity contribution in [2.75, 3.05) is 0 Å². The molecule has 0 atom stereocenters. The van der Waals surface area contributed by atoms with E-state index in [1.165, 1.54) is 22.3 Å². The van der Waals surface area contributed by atoms with Crippen LogP contribution in [0.1, 0.15) is 25.0 Å². The molecule has 9 aromatic rings. The SMILES string of the molecule is CC1(C)c2ccccc2Oc2c1ccc1c2c2ccccc2n1-c1cccc(-c2cc(-c3ccc(-c4ccccc4)cc3)nc(-c3ccccc3)n2)c1. The Kier molecular flexibility index (Phi) is 7.12. The maximum Gasteiger partial charge on any atom is 0.160 e. The lowest BCUT2D eigenvalue weighted by atomic mass is 9.75. The van der Waals surface area contributed by atoms with Gasteiger partial charge in [0.2, 0.25) is 0 Å². The lowest BCUT2D eigenvalue weighted by Crippen LogP contribution is -2.24. The normalized spacial score (nSPS) is 13.0. The lowest BCUT2D eigenvalue weighted by molar-refractivity contribution is 0.423. The molecule has 3 heterocycles. The van der Waals surface area contributed by atoms with Gasteiger partial charge in [-0.25, -0.2) is 9.97 Å². The number of ether oxygens (including phenoxy) is 1. The monoisotopic (exact) mass is 681 g/mol. The zero-order valence-corrected chi connectivity index (χ0v) is 29.5. The molecule has 7 aromatic carbocycles. The van der Waals surface area contributed by atoms with Crippen LogP contribution < -0.4 is 4.74 Å². The van der Waals surface area contributed by atoms with Crippen LogP contribution in [0, 0.1) is 0 Å². The fourth-order valence-electron chi connectivity index (χ4n) is 7.96. The van der Waals surface area contributed by atoms with Crippen LogP contribution in [0.4, 0.5) is 0 Å². The largest absolute Gasteiger partial charge is 0.456 e. The molecule has 0 N–H and O–H groups in total. The summed E-state index contributed by atoms with van der Waals surface area (Å²) in [4.78, 5) is 10.3. The summed E-state index contributed by atoms with van der Waals surface area (Å²) < 4.78 is 9.14. The summed E-state index contributed by atoms with van der Waals surface area (Å²) in [7, 11) is 0. The van der Waals surface area contributed by atoms with Crippen LogP contribution in [-0.4, -0.2) is 14.5 Å². The van der Waals surface area contributed by atoms with Crippen LogP contribution in [0.5, 0.6) is 11.5 Å². The smallest absolute Gasteiger partial charge is 0.160 e. The van der Waals surface area contributed by atoms with Gasteiger partial charge in [-0.3, -0.25) is 0 Å². The van der Waals surface area contributed by atoms with Crippen LogP contribution >= 0.6 is 0 Å². The van der Waals surface area contributed by atoms with E-state index >= 15 is 0 Å². The topological polar surface area (TPSA) is 39.9 Å². The number of fused-ring (bicyclic) bond motifs is 6. The standard InChI is InChI=1S/C49H35N3O/c1-49(2)39-21-10-12-23-45(39)53-47-40(49)28-29-44-46(47)38-20-9-11-22-43(38)52(44)37-19-13-18-36(30-37)42-31-41(50-48(51-42)35-16-7-4-8-17-35)34-26-24-33(25-27-34)32-14-5-3-6-15-32/h3-31H,1-2H3. The average Bonchev–Trinajstić information content (AvgIpc) is 3.56. The predicted octanol–water partition coefficient (Wildman–Crippen LogP) is 12.7. The summed E-state index contributed by atoms with van der Waals surface area (Å²) in [6.07, 6.45) is 0. The number of para-hydroxylation sites is 2. The van der Waals surface area contributed by atoms with Crippen LogP contribution in [0.15, 0.2) is 176 Å². The summed E-state index contributed by atoms with van der Waals surface area (Å²) in [6.45, 7) is 4.58. The molecule has 0 saturated carbocycles. The Morgan fingerprint density at radius 3 is 1.89 bits per heavy atom. The molecule has 0 fully saturated rings. The zero-order chi connectivity index (χ0) is 35.5. The van der Waals surface area contributed by atoms with Gasteiger partial charge in [0.15, 0.2) is 5.82 Å². The van der Waals surface area contributed by atoms with Crippen molar-refractivity contribution in [2.24, 2.45) is 0 Å². The van der Waals surface area contributed by atoms with Crippen LogP contribution in [0.25, 0.3) is 72.5 Å². The minimum absolute atomic E-state index is 0.204. The van der Waals surface area contributed by atoms with Crippen molar-refractivity contribution in [2.45, 2.75) is 19.3 Å². The molecule has 0 amide bonds.